The average molecular weight is 224 g/mol. The van der Waals surface area contributed by atoms with Crippen molar-refractivity contribution in [2.75, 3.05) is 6.54 Å². The van der Waals surface area contributed by atoms with Crippen LogP contribution in [0.2, 0.25) is 0 Å². The van der Waals surface area contributed by atoms with Gasteiger partial charge in [-0.3, -0.25) is 0 Å². The maximum absolute atomic E-state index is 10.5. The zero-order valence-electron chi connectivity index (χ0n) is 8.38. The van der Waals surface area contributed by atoms with Crippen LogP contribution in [0.25, 0.3) is 0 Å². The zero-order chi connectivity index (χ0) is 12.0. The van der Waals surface area contributed by atoms with Crippen molar-refractivity contribution in [3.05, 3.63) is 35.9 Å². The molecule has 0 aromatic heterocycles. The lowest BCUT2D eigenvalue weighted by Crippen LogP contribution is -2.36. The van der Waals surface area contributed by atoms with Crippen molar-refractivity contribution >= 4 is 12.2 Å². The molecule has 1 aromatic carbocycles. The van der Waals surface area contributed by atoms with Crippen LogP contribution in [-0.2, 0) is 0 Å². The van der Waals surface area contributed by atoms with E-state index in [1.807, 2.05) is 0 Å². The minimum Gasteiger partial charge on any atom is -0.465 e. The number of hydrogen-bond acceptors (Lipinski definition) is 2. The first-order chi connectivity index (χ1) is 7.59. The van der Waals surface area contributed by atoms with E-state index in [0.717, 1.165) is 0 Å². The standard InChI is InChI=1S/C10H12N2O4/c13-9(14)11-6-8(12-10(15)16)7-4-2-1-3-5-7/h1-5,8,11-12H,6H2,(H,13,14)(H,15,16). The topological polar surface area (TPSA) is 98.7 Å². The van der Waals surface area contributed by atoms with E-state index in [1.54, 1.807) is 30.3 Å². The molecule has 0 heterocycles. The van der Waals surface area contributed by atoms with Crippen LogP contribution >= 0.6 is 0 Å². The number of amides is 2. The first-order valence-electron chi connectivity index (χ1n) is 4.61. The predicted molar refractivity (Wildman–Crippen MR) is 56.4 cm³/mol. The Morgan fingerprint density at radius 3 is 2.25 bits per heavy atom. The van der Waals surface area contributed by atoms with Crippen molar-refractivity contribution in [2.45, 2.75) is 6.04 Å². The number of rotatable bonds is 4. The van der Waals surface area contributed by atoms with Gasteiger partial charge in [0, 0.05) is 6.54 Å². The first-order valence-corrected chi connectivity index (χ1v) is 4.61. The lowest BCUT2D eigenvalue weighted by atomic mass is 10.1. The second kappa shape index (κ2) is 5.59. The summed E-state index contributed by atoms with van der Waals surface area (Å²) in [6.45, 7) is -0.00829. The third-order valence-electron chi connectivity index (χ3n) is 1.96. The molecule has 0 saturated carbocycles. The van der Waals surface area contributed by atoms with Gasteiger partial charge < -0.3 is 20.8 Å². The Balaban J connectivity index is 2.71. The molecule has 86 valence electrons. The van der Waals surface area contributed by atoms with Crippen molar-refractivity contribution in [1.29, 1.82) is 0 Å². The fourth-order valence-corrected chi connectivity index (χ4v) is 1.28. The van der Waals surface area contributed by atoms with Gasteiger partial charge >= 0.3 is 12.2 Å². The van der Waals surface area contributed by atoms with E-state index in [9.17, 15) is 9.59 Å². The number of hydrogen-bond donors (Lipinski definition) is 4. The molecule has 1 aromatic rings. The second-order valence-corrected chi connectivity index (χ2v) is 3.10. The second-order valence-electron chi connectivity index (χ2n) is 3.10. The molecule has 6 heteroatoms. The number of carboxylic acid groups (broad SMARTS) is 2. The van der Waals surface area contributed by atoms with Crippen LogP contribution in [-0.4, -0.2) is 28.9 Å². The molecule has 0 aliphatic rings. The van der Waals surface area contributed by atoms with Crippen LogP contribution in [0.3, 0.4) is 0 Å². The summed E-state index contributed by atoms with van der Waals surface area (Å²) < 4.78 is 0. The minimum atomic E-state index is -1.19. The van der Waals surface area contributed by atoms with E-state index >= 15 is 0 Å². The highest BCUT2D eigenvalue weighted by Crippen LogP contribution is 2.11. The number of nitrogens with one attached hydrogen (secondary N) is 2. The third-order valence-corrected chi connectivity index (χ3v) is 1.96. The molecule has 16 heavy (non-hydrogen) atoms. The van der Waals surface area contributed by atoms with Crippen LogP contribution < -0.4 is 10.6 Å². The van der Waals surface area contributed by atoms with Gasteiger partial charge in [0.15, 0.2) is 0 Å². The van der Waals surface area contributed by atoms with Crippen molar-refractivity contribution in [3.63, 3.8) is 0 Å². The van der Waals surface area contributed by atoms with Gasteiger partial charge in [-0.2, -0.15) is 0 Å². The van der Waals surface area contributed by atoms with E-state index in [1.165, 1.54) is 0 Å². The largest absolute Gasteiger partial charge is 0.465 e. The average Bonchev–Trinajstić information content (AvgIpc) is 2.25. The minimum absolute atomic E-state index is 0.00829. The highest BCUT2D eigenvalue weighted by atomic mass is 16.4. The molecule has 2 amide bonds. The maximum atomic E-state index is 10.5. The van der Waals surface area contributed by atoms with Gasteiger partial charge in [0.2, 0.25) is 0 Å². The molecule has 6 nitrogen and oxygen atoms in total. The zero-order valence-corrected chi connectivity index (χ0v) is 8.38. The van der Waals surface area contributed by atoms with Crippen molar-refractivity contribution < 1.29 is 19.8 Å². The summed E-state index contributed by atoms with van der Waals surface area (Å²) in [5.74, 6) is 0. The highest BCUT2D eigenvalue weighted by Gasteiger charge is 2.14. The van der Waals surface area contributed by atoms with Gasteiger partial charge in [0.25, 0.3) is 0 Å². The molecule has 0 saturated heterocycles. The molecule has 0 aliphatic carbocycles. The molecular formula is C10H12N2O4. The lowest BCUT2D eigenvalue weighted by Gasteiger charge is -2.16. The van der Waals surface area contributed by atoms with Gasteiger partial charge in [0.1, 0.15) is 0 Å². The van der Waals surface area contributed by atoms with E-state index in [2.05, 4.69) is 10.6 Å². The molecular weight excluding hydrogens is 212 g/mol. The van der Waals surface area contributed by atoms with Crippen LogP contribution in [0.4, 0.5) is 9.59 Å². The molecule has 0 bridgehead atoms. The first kappa shape index (κ1) is 11.8. The van der Waals surface area contributed by atoms with Gasteiger partial charge in [-0.25, -0.2) is 9.59 Å². The van der Waals surface area contributed by atoms with Gasteiger partial charge in [-0.15, -0.1) is 0 Å². The van der Waals surface area contributed by atoms with Crippen molar-refractivity contribution in [2.24, 2.45) is 0 Å². The maximum Gasteiger partial charge on any atom is 0.405 e. The summed E-state index contributed by atoms with van der Waals surface area (Å²) in [6.07, 6.45) is -2.38. The van der Waals surface area contributed by atoms with Crippen molar-refractivity contribution in [3.8, 4) is 0 Å². The van der Waals surface area contributed by atoms with E-state index in [0.29, 0.717) is 5.56 Å². The fourth-order valence-electron chi connectivity index (χ4n) is 1.28. The Bertz CT molecular complexity index is 366. The number of benzene rings is 1. The van der Waals surface area contributed by atoms with Crippen molar-refractivity contribution in [1.82, 2.24) is 10.6 Å². The normalized spacial score (nSPS) is 11.5. The predicted octanol–water partition coefficient (Wildman–Crippen LogP) is 1.26. The molecule has 1 atom stereocenters. The summed E-state index contributed by atoms with van der Waals surface area (Å²) in [7, 11) is 0. The van der Waals surface area contributed by atoms with Crippen LogP contribution in [0.5, 0.6) is 0 Å². The molecule has 1 unspecified atom stereocenters. The van der Waals surface area contributed by atoms with Crippen LogP contribution in [0.1, 0.15) is 11.6 Å². The van der Waals surface area contributed by atoms with Gasteiger partial charge in [0.05, 0.1) is 6.04 Å². The lowest BCUT2D eigenvalue weighted by molar-refractivity contribution is 0.183. The molecule has 1 rings (SSSR count). The Kier molecular flexibility index (Phi) is 4.14. The molecule has 0 aliphatic heterocycles. The quantitative estimate of drug-likeness (QED) is 0.618. The summed E-state index contributed by atoms with van der Waals surface area (Å²) in [6, 6.07) is 8.18. The molecule has 0 spiro atoms. The number of carbonyl (C=O) groups is 2. The van der Waals surface area contributed by atoms with Crippen LogP contribution in [0, 0.1) is 0 Å². The van der Waals surface area contributed by atoms with Gasteiger partial charge in [-0.1, -0.05) is 30.3 Å². The summed E-state index contributed by atoms with van der Waals surface area (Å²) in [4.78, 5) is 20.9. The fraction of sp³-hybridized carbons (Fsp3) is 0.200. The molecule has 4 N–H and O–H groups in total. The summed E-state index contributed by atoms with van der Waals surface area (Å²) in [5.41, 5.74) is 0.707. The SMILES string of the molecule is O=C(O)NCC(NC(=O)O)c1ccccc1. The molecule has 0 fully saturated rings. The Hall–Kier alpha value is -2.24. The van der Waals surface area contributed by atoms with E-state index < -0.39 is 18.2 Å². The monoisotopic (exact) mass is 224 g/mol. The summed E-state index contributed by atoms with van der Waals surface area (Å²) in [5, 5.41) is 21.5. The van der Waals surface area contributed by atoms with E-state index in [-0.39, 0.29) is 6.54 Å². The summed E-state index contributed by atoms with van der Waals surface area (Å²) >= 11 is 0. The van der Waals surface area contributed by atoms with E-state index in [4.69, 9.17) is 10.2 Å². The Labute approximate surface area is 91.9 Å². The Morgan fingerprint density at radius 2 is 1.75 bits per heavy atom. The smallest absolute Gasteiger partial charge is 0.405 e. The molecule has 0 radical (unpaired) electrons. The Morgan fingerprint density at radius 1 is 1.12 bits per heavy atom. The van der Waals surface area contributed by atoms with Crippen LogP contribution in [0.15, 0.2) is 30.3 Å². The highest BCUT2D eigenvalue weighted by molar-refractivity contribution is 5.66. The van der Waals surface area contributed by atoms with Gasteiger partial charge in [-0.05, 0) is 5.56 Å². The third kappa shape index (κ3) is 3.87.